The highest BCUT2D eigenvalue weighted by atomic mass is 32.2. The van der Waals surface area contributed by atoms with Crippen molar-refractivity contribution in [3.8, 4) is 11.5 Å². The second kappa shape index (κ2) is 14.9. The maximum Gasteiger partial charge on any atom is 0.416 e. The number of hydrogen-bond acceptors (Lipinski definition) is 8. The fraction of sp³-hybridized carbons (Fsp3) is 0.526. The molecule has 2 heterocycles. The lowest BCUT2D eigenvalue weighted by atomic mass is 9.91. The van der Waals surface area contributed by atoms with E-state index >= 15 is 0 Å². The van der Waals surface area contributed by atoms with Gasteiger partial charge in [-0.15, -0.1) is 0 Å². The number of halogens is 3. The number of alkyl halides is 3. The van der Waals surface area contributed by atoms with Crippen LogP contribution in [0.2, 0.25) is 0 Å². The number of benzene rings is 2. The summed E-state index contributed by atoms with van der Waals surface area (Å²) >= 11 is 0. The van der Waals surface area contributed by atoms with E-state index in [0.29, 0.717) is 36.8 Å². The Morgan fingerprint density at radius 1 is 0.963 bits per heavy atom. The first kappa shape index (κ1) is 39.1. The van der Waals surface area contributed by atoms with Gasteiger partial charge in [0.2, 0.25) is 21.8 Å². The van der Waals surface area contributed by atoms with Gasteiger partial charge in [-0.05, 0) is 101 Å². The van der Waals surface area contributed by atoms with Crippen LogP contribution < -0.4 is 20.1 Å². The van der Waals surface area contributed by atoms with Crippen LogP contribution in [0, 0.1) is 5.92 Å². The highest BCUT2D eigenvalue weighted by Crippen LogP contribution is 2.46. The molecule has 16 heteroatoms. The third kappa shape index (κ3) is 9.19. The summed E-state index contributed by atoms with van der Waals surface area (Å²) in [6, 6.07) is 6.93. The third-order valence-electron chi connectivity index (χ3n) is 9.98. The average Bonchev–Trinajstić information content (AvgIpc) is 4.01. The minimum absolute atomic E-state index is 0.0537. The number of amides is 4. The first-order valence-electron chi connectivity index (χ1n) is 18.2. The van der Waals surface area contributed by atoms with Gasteiger partial charge < -0.3 is 25.0 Å². The Morgan fingerprint density at radius 2 is 1.70 bits per heavy atom. The number of ether oxygens (including phenoxy) is 2. The normalized spacial score (nSPS) is 25.7. The molecule has 1 unspecified atom stereocenters. The van der Waals surface area contributed by atoms with Crippen molar-refractivity contribution in [1.82, 2.24) is 20.3 Å². The van der Waals surface area contributed by atoms with E-state index in [-0.39, 0.29) is 37.3 Å². The lowest BCUT2D eigenvalue weighted by Crippen LogP contribution is -2.61. The first-order chi connectivity index (χ1) is 25.3. The Labute approximate surface area is 312 Å². The maximum atomic E-state index is 14.5. The highest BCUT2D eigenvalue weighted by molar-refractivity contribution is 7.91. The second-order valence-corrected chi connectivity index (χ2v) is 17.4. The summed E-state index contributed by atoms with van der Waals surface area (Å²) in [5.41, 5.74) is -2.10. The average molecular weight is 775 g/mol. The number of carbonyl (C=O) groups is 4. The van der Waals surface area contributed by atoms with E-state index < -0.39 is 80.0 Å². The van der Waals surface area contributed by atoms with Gasteiger partial charge in [0.15, 0.2) is 0 Å². The molecule has 4 aliphatic rings. The van der Waals surface area contributed by atoms with Crippen molar-refractivity contribution in [2.45, 2.75) is 120 Å². The Kier molecular flexibility index (Phi) is 10.8. The third-order valence-corrected chi connectivity index (χ3v) is 11.8. The molecule has 2 aliphatic heterocycles. The Bertz CT molecular complexity index is 1940. The van der Waals surface area contributed by atoms with E-state index in [2.05, 4.69) is 15.4 Å². The molecular weight excluding hydrogens is 729 g/mol. The van der Waals surface area contributed by atoms with Crippen LogP contribution in [0.15, 0.2) is 54.6 Å². The molecule has 2 aliphatic carbocycles. The number of hydrogen-bond donors (Lipinski definition) is 3. The molecule has 54 heavy (non-hydrogen) atoms. The van der Waals surface area contributed by atoms with Crippen LogP contribution >= 0.6 is 0 Å². The van der Waals surface area contributed by atoms with Gasteiger partial charge >= 0.3 is 12.3 Å². The van der Waals surface area contributed by atoms with Crippen LogP contribution in [0.4, 0.5) is 18.0 Å². The Hall–Kier alpha value is -4.60. The predicted octanol–water partition coefficient (Wildman–Crippen LogP) is 5.65. The number of nitrogens with zero attached hydrogens (tertiary/aromatic N) is 1. The summed E-state index contributed by atoms with van der Waals surface area (Å²) < 4.78 is 79.2. The maximum absolute atomic E-state index is 14.5. The number of sulfonamides is 1. The van der Waals surface area contributed by atoms with Crippen LogP contribution in [0.5, 0.6) is 11.5 Å². The van der Waals surface area contributed by atoms with E-state index in [1.807, 2.05) is 12.2 Å². The van der Waals surface area contributed by atoms with Gasteiger partial charge in [0.1, 0.15) is 34.7 Å². The number of allylic oxidation sites excluding steroid dienone is 1. The van der Waals surface area contributed by atoms with E-state index in [4.69, 9.17) is 9.47 Å². The highest BCUT2D eigenvalue weighted by Gasteiger charge is 2.62. The van der Waals surface area contributed by atoms with Crippen molar-refractivity contribution in [3.05, 3.63) is 71.3 Å². The lowest BCUT2D eigenvalue weighted by molar-refractivity contribution is -0.144. The number of carbonyl (C=O) groups excluding carboxylic acids is 4. The quantitative estimate of drug-likeness (QED) is 0.318. The monoisotopic (exact) mass is 774 g/mol. The molecule has 2 saturated carbocycles. The van der Waals surface area contributed by atoms with E-state index in [9.17, 15) is 40.8 Å². The minimum atomic E-state index is -4.58. The van der Waals surface area contributed by atoms with Gasteiger partial charge in [0.25, 0.3) is 5.91 Å². The van der Waals surface area contributed by atoms with Crippen molar-refractivity contribution < 1.29 is 50.2 Å². The largest absolute Gasteiger partial charge is 0.457 e. The van der Waals surface area contributed by atoms with Gasteiger partial charge in [0.05, 0.1) is 10.8 Å². The molecule has 12 nitrogen and oxygen atoms in total. The molecule has 0 spiro atoms. The molecule has 4 amide bonds. The van der Waals surface area contributed by atoms with E-state index in [0.717, 1.165) is 25.0 Å². The smallest absolute Gasteiger partial charge is 0.416 e. The summed E-state index contributed by atoms with van der Waals surface area (Å²) in [5, 5.41) is 4.84. The van der Waals surface area contributed by atoms with Gasteiger partial charge in [-0.2, -0.15) is 13.2 Å². The number of alkyl carbamates (subject to hydrolysis) is 1. The van der Waals surface area contributed by atoms with Crippen molar-refractivity contribution >= 4 is 33.8 Å². The van der Waals surface area contributed by atoms with Crippen molar-refractivity contribution in [1.29, 1.82) is 0 Å². The Morgan fingerprint density at radius 3 is 2.41 bits per heavy atom. The zero-order valence-electron chi connectivity index (χ0n) is 30.3. The summed E-state index contributed by atoms with van der Waals surface area (Å²) in [6.45, 7) is 5.00. The molecule has 4 atom stereocenters. The lowest BCUT2D eigenvalue weighted by Gasteiger charge is -2.39. The summed E-state index contributed by atoms with van der Waals surface area (Å²) in [6.07, 6.45) is 2.23. The Balaban J connectivity index is 1.33. The van der Waals surface area contributed by atoms with Gasteiger partial charge in [-0.25, -0.2) is 13.2 Å². The molecule has 292 valence electrons. The van der Waals surface area contributed by atoms with Gasteiger partial charge in [-0.1, -0.05) is 37.1 Å². The molecule has 2 aromatic carbocycles. The van der Waals surface area contributed by atoms with E-state index in [1.54, 1.807) is 39.0 Å². The SMILES string of the molecule is CC(C)(C)OC(=O)N[C@H]1CCCCC/C=C\[C@H]2C[C@@]2(C(=O)NS(=O)(=O)C2CC2)NC(=O)C2Cc3cc(Oc4cccc(C(F)(F)F)c4)ccc3CN2C1=O. The molecule has 3 N–H and O–H groups in total. The van der Waals surface area contributed by atoms with Crippen LogP contribution in [-0.4, -0.2) is 65.6 Å². The number of rotatable bonds is 6. The van der Waals surface area contributed by atoms with Crippen LogP contribution in [0.25, 0.3) is 0 Å². The molecular formula is C38H45F3N4O8S. The first-order valence-corrected chi connectivity index (χ1v) is 19.7. The molecule has 2 fully saturated rings. The van der Waals surface area contributed by atoms with Crippen molar-refractivity contribution in [2.24, 2.45) is 5.92 Å². The summed E-state index contributed by atoms with van der Waals surface area (Å²) in [4.78, 5) is 56.9. The molecule has 0 saturated heterocycles. The molecule has 2 aromatic rings. The van der Waals surface area contributed by atoms with Crippen LogP contribution in [-0.2, 0) is 48.3 Å². The summed E-state index contributed by atoms with van der Waals surface area (Å²) in [5.74, 6) is -2.46. The minimum Gasteiger partial charge on any atom is -0.457 e. The fourth-order valence-corrected chi connectivity index (χ4v) is 8.25. The number of nitrogens with one attached hydrogen (secondary N) is 3. The predicted molar refractivity (Wildman–Crippen MR) is 190 cm³/mol. The van der Waals surface area contributed by atoms with Crippen molar-refractivity contribution in [2.75, 3.05) is 0 Å². The number of fused-ring (bicyclic) bond motifs is 3. The second-order valence-electron chi connectivity index (χ2n) is 15.5. The molecule has 0 radical (unpaired) electrons. The van der Waals surface area contributed by atoms with E-state index in [1.165, 1.54) is 17.0 Å². The standard InChI is InChI=1S/C38H45F3N4O8S/c1-36(2,3)53-35(49)42-30-13-8-6-4-5-7-10-26-21-37(26,34(48)44-54(50,51)29-16-17-29)43-32(46)31-19-24-18-28(15-14-23(24)22-45(31)33(30)47)52-27-12-9-11-25(20-27)38(39,40)41/h7,9-12,14-15,18,20,26,29-31H,4-6,8,13,16-17,19,21-22H2,1-3H3,(H,42,49)(H,43,46)(H,44,48)/b10-7-/t26-,30-,31?,37+/m0/s1. The van der Waals surface area contributed by atoms with Gasteiger partial charge in [0, 0.05) is 18.9 Å². The zero-order chi connectivity index (χ0) is 39.1. The molecule has 0 aromatic heterocycles. The fourth-order valence-electron chi connectivity index (χ4n) is 6.88. The summed E-state index contributed by atoms with van der Waals surface area (Å²) in [7, 11) is -3.94. The molecule has 6 rings (SSSR count). The van der Waals surface area contributed by atoms with Crippen LogP contribution in [0.3, 0.4) is 0 Å². The topological polar surface area (TPSA) is 160 Å². The van der Waals surface area contributed by atoms with Gasteiger partial charge in [-0.3, -0.25) is 19.1 Å². The molecule has 0 bridgehead atoms. The van der Waals surface area contributed by atoms with Crippen molar-refractivity contribution in [3.63, 3.8) is 0 Å². The van der Waals surface area contributed by atoms with Crippen LogP contribution in [0.1, 0.15) is 88.8 Å². The zero-order valence-corrected chi connectivity index (χ0v) is 31.1.